The van der Waals surface area contributed by atoms with Gasteiger partial charge in [0.25, 0.3) is 5.92 Å². The van der Waals surface area contributed by atoms with E-state index in [4.69, 9.17) is 14.2 Å². The lowest BCUT2D eigenvalue weighted by Crippen LogP contribution is -2.55. The fourth-order valence-electron chi connectivity index (χ4n) is 4.88. The number of amides is 2. The minimum atomic E-state index is -3.20. The van der Waals surface area contributed by atoms with Crippen molar-refractivity contribution in [1.29, 1.82) is 0 Å². The maximum Gasteiger partial charge on any atom is 0.410 e. The van der Waals surface area contributed by atoms with Crippen molar-refractivity contribution in [1.82, 2.24) is 9.80 Å². The van der Waals surface area contributed by atoms with Gasteiger partial charge in [0.2, 0.25) is 5.91 Å². The average molecular weight is 531 g/mol. The summed E-state index contributed by atoms with van der Waals surface area (Å²) in [7, 11) is 1.55. The van der Waals surface area contributed by atoms with Crippen molar-refractivity contribution in [3.63, 3.8) is 0 Å². The van der Waals surface area contributed by atoms with E-state index < -0.39 is 47.8 Å². The van der Waals surface area contributed by atoms with Gasteiger partial charge in [0.1, 0.15) is 19.0 Å². The molecule has 0 bridgehead atoms. The number of benzene rings is 2. The number of fused-ring (bicyclic) bond motifs is 1. The van der Waals surface area contributed by atoms with Crippen LogP contribution in [0.5, 0.6) is 5.75 Å². The maximum atomic E-state index is 15.0. The molecule has 2 saturated heterocycles. The Morgan fingerprint density at radius 2 is 1.63 bits per heavy atom. The van der Waals surface area contributed by atoms with Crippen LogP contribution in [0, 0.1) is 11.3 Å². The van der Waals surface area contributed by atoms with E-state index in [0.29, 0.717) is 5.75 Å². The fraction of sp³-hybridized carbons (Fsp3) is 0.464. The smallest absolute Gasteiger partial charge is 0.410 e. The molecule has 0 spiro atoms. The third-order valence-corrected chi connectivity index (χ3v) is 7.05. The predicted molar refractivity (Wildman–Crippen MR) is 133 cm³/mol. The Kier molecular flexibility index (Phi) is 7.89. The molecule has 8 nitrogen and oxygen atoms in total. The number of methoxy groups -OCH3 is 1. The highest BCUT2D eigenvalue weighted by atomic mass is 19.3. The van der Waals surface area contributed by atoms with Gasteiger partial charge in [-0.15, -0.1) is 0 Å². The zero-order chi connectivity index (χ0) is 27.5. The standard InChI is InChI=1S/C28H32F2N2O6/c1-27(2,25(34)37-15-20-9-11-21(36-3)12-10-20)17-31-14-22-23(13-24(31)33)32(18-28(22,29)30)26(35)38-16-19-7-5-4-6-8-19/h4-12,22-23H,13-18H2,1-3H3/t22-,23+/m0/s1. The van der Waals surface area contributed by atoms with E-state index in [1.807, 2.05) is 6.07 Å². The second-order valence-electron chi connectivity index (χ2n) is 10.4. The molecule has 2 atom stereocenters. The van der Waals surface area contributed by atoms with Gasteiger partial charge in [0.15, 0.2) is 0 Å². The highest BCUT2D eigenvalue weighted by Gasteiger charge is 2.59. The van der Waals surface area contributed by atoms with Gasteiger partial charge in [-0.25, -0.2) is 13.6 Å². The van der Waals surface area contributed by atoms with Crippen molar-refractivity contribution in [2.75, 3.05) is 26.7 Å². The number of hydrogen-bond donors (Lipinski definition) is 0. The van der Waals surface area contributed by atoms with Crippen LogP contribution in [0.1, 0.15) is 31.4 Å². The van der Waals surface area contributed by atoms with E-state index in [2.05, 4.69) is 0 Å². The first-order valence-electron chi connectivity index (χ1n) is 12.4. The van der Waals surface area contributed by atoms with E-state index in [-0.39, 0.29) is 32.7 Å². The summed E-state index contributed by atoms with van der Waals surface area (Å²) in [6.07, 6.45) is -1.14. The number of carbonyl (C=O) groups excluding carboxylic acids is 3. The van der Waals surface area contributed by atoms with Crippen molar-refractivity contribution in [3.8, 4) is 5.75 Å². The quantitative estimate of drug-likeness (QED) is 0.474. The molecule has 2 amide bonds. The monoisotopic (exact) mass is 530 g/mol. The molecule has 2 fully saturated rings. The normalized spacial score (nSPS) is 20.6. The molecule has 0 N–H and O–H groups in total. The number of nitrogens with zero attached hydrogens (tertiary/aromatic N) is 2. The van der Waals surface area contributed by atoms with Crippen LogP contribution in [-0.2, 0) is 32.3 Å². The molecule has 4 rings (SSSR count). The number of alkyl halides is 2. The lowest BCUT2D eigenvalue weighted by molar-refractivity contribution is -0.159. The van der Waals surface area contributed by atoms with Gasteiger partial charge < -0.3 is 19.1 Å². The van der Waals surface area contributed by atoms with Crippen molar-refractivity contribution in [2.45, 2.75) is 45.4 Å². The summed E-state index contributed by atoms with van der Waals surface area (Å²) in [4.78, 5) is 40.7. The molecule has 2 aromatic rings. The Bertz CT molecular complexity index is 1160. The van der Waals surface area contributed by atoms with Gasteiger partial charge in [0.05, 0.1) is 31.0 Å². The van der Waals surface area contributed by atoms with Crippen LogP contribution >= 0.6 is 0 Å². The van der Waals surface area contributed by atoms with Gasteiger partial charge in [-0.3, -0.25) is 14.5 Å². The number of esters is 1. The Balaban J connectivity index is 1.36. The molecule has 2 aliphatic rings. The first kappa shape index (κ1) is 27.3. The molecule has 2 heterocycles. The van der Waals surface area contributed by atoms with Crippen molar-refractivity contribution in [3.05, 3.63) is 65.7 Å². The van der Waals surface area contributed by atoms with E-state index in [0.717, 1.165) is 16.0 Å². The van der Waals surface area contributed by atoms with E-state index in [1.54, 1.807) is 69.5 Å². The molecule has 0 saturated carbocycles. The van der Waals surface area contributed by atoms with Crippen LogP contribution in [-0.4, -0.2) is 66.5 Å². The van der Waals surface area contributed by atoms with Gasteiger partial charge in [-0.05, 0) is 37.1 Å². The molecular formula is C28H32F2N2O6. The Hall–Kier alpha value is -3.69. The molecule has 38 heavy (non-hydrogen) atoms. The number of likely N-dealkylation sites (tertiary alicyclic amines) is 2. The summed E-state index contributed by atoms with van der Waals surface area (Å²) in [6, 6.07) is 15.0. The summed E-state index contributed by atoms with van der Waals surface area (Å²) < 4.78 is 45.9. The Morgan fingerprint density at radius 1 is 1.00 bits per heavy atom. The van der Waals surface area contributed by atoms with Crippen LogP contribution in [0.15, 0.2) is 54.6 Å². The molecule has 2 aromatic carbocycles. The Morgan fingerprint density at radius 3 is 2.29 bits per heavy atom. The van der Waals surface area contributed by atoms with Crippen LogP contribution in [0.25, 0.3) is 0 Å². The number of carbonyl (C=O) groups is 3. The molecule has 0 aliphatic carbocycles. The highest BCUT2D eigenvalue weighted by Crippen LogP contribution is 2.43. The number of ether oxygens (including phenoxy) is 3. The number of rotatable bonds is 8. The van der Waals surface area contributed by atoms with Crippen molar-refractivity contribution in [2.24, 2.45) is 11.3 Å². The van der Waals surface area contributed by atoms with Crippen LogP contribution in [0.4, 0.5) is 13.6 Å². The van der Waals surface area contributed by atoms with E-state index >= 15 is 8.78 Å². The average Bonchev–Trinajstić information content (AvgIpc) is 3.16. The van der Waals surface area contributed by atoms with Crippen molar-refractivity contribution >= 4 is 18.0 Å². The van der Waals surface area contributed by atoms with Gasteiger partial charge in [-0.2, -0.15) is 0 Å². The summed E-state index contributed by atoms with van der Waals surface area (Å²) in [5.74, 6) is -4.73. The summed E-state index contributed by atoms with van der Waals surface area (Å²) in [5, 5.41) is 0. The fourth-order valence-corrected chi connectivity index (χ4v) is 4.88. The van der Waals surface area contributed by atoms with E-state index in [9.17, 15) is 14.4 Å². The highest BCUT2D eigenvalue weighted by molar-refractivity contribution is 5.82. The van der Waals surface area contributed by atoms with Gasteiger partial charge in [-0.1, -0.05) is 42.5 Å². The second-order valence-corrected chi connectivity index (χ2v) is 10.4. The zero-order valence-electron chi connectivity index (χ0n) is 21.7. The predicted octanol–water partition coefficient (Wildman–Crippen LogP) is 4.27. The zero-order valence-corrected chi connectivity index (χ0v) is 21.7. The molecule has 0 radical (unpaired) electrons. The number of piperidine rings is 1. The van der Waals surface area contributed by atoms with Crippen molar-refractivity contribution < 1.29 is 37.4 Å². The Labute approximate surface area is 220 Å². The SMILES string of the molecule is COc1ccc(COC(=O)C(C)(C)CN2C[C@H]3[C@@H](CC2=O)N(C(=O)OCc2ccccc2)CC3(F)F)cc1. The molecular weight excluding hydrogens is 498 g/mol. The largest absolute Gasteiger partial charge is 0.497 e. The number of hydrogen-bond acceptors (Lipinski definition) is 6. The number of halogens is 2. The summed E-state index contributed by atoms with van der Waals surface area (Å²) in [5.41, 5.74) is 0.365. The minimum absolute atomic E-state index is 0.0308. The first-order chi connectivity index (χ1) is 18.0. The van der Waals surface area contributed by atoms with Crippen LogP contribution in [0.2, 0.25) is 0 Å². The molecule has 2 aliphatic heterocycles. The lowest BCUT2D eigenvalue weighted by Gasteiger charge is -2.40. The second kappa shape index (κ2) is 11.0. The lowest BCUT2D eigenvalue weighted by atomic mass is 9.87. The van der Waals surface area contributed by atoms with Crippen LogP contribution in [0.3, 0.4) is 0 Å². The van der Waals surface area contributed by atoms with Gasteiger partial charge in [0, 0.05) is 19.5 Å². The van der Waals surface area contributed by atoms with Gasteiger partial charge >= 0.3 is 12.1 Å². The third-order valence-electron chi connectivity index (χ3n) is 7.05. The first-order valence-corrected chi connectivity index (χ1v) is 12.4. The van der Waals surface area contributed by atoms with E-state index in [1.165, 1.54) is 4.90 Å². The minimum Gasteiger partial charge on any atom is -0.497 e. The summed E-state index contributed by atoms with van der Waals surface area (Å²) in [6.45, 7) is 2.05. The third kappa shape index (κ3) is 6.06. The molecule has 204 valence electrons. The topological polar surface area (TPSA) is 85.4 Å². The summed E-state index contributed by atoms with van der Waals surface area (Å²) >= 11 is 0. The van der Waals surface area contributed by atoms with Crippen LogP contribution < -0.4 is 4.74 Å². The molecule has 0 aromatic heterocycles. The molecule has 0 unspecified atom stereocenters. The molecule has 10 heteroatoms. The maximum absolute atomic E-state index is 15.0.